The van der Waals surface area contributed by atoms with Gasteiger partial charge in [0.05, 0.1) is 24.3 Å². The van der Waals surface area contributed by atoms with Crippen LogP contribution in [0.5, 0.6) is 11.5 Å². The Kier molecular flexibility index (Phi) is 15.1. The second-order valence-corrected chi connectivity index (χ2v) is 15.9. The second-order valence-electron chi connectivity index (χ2n) is 15.6. The van der Waals surface area contributed by atoms with E-state index in [9.17, 15) is 27.2 Å². The van der Waals surface area contributed by atoms with E-state index in [4.69, 9.17) is 21.1 Å². The lowest BCUT2D eigenvalue weighted by Gasteiger charge is -2.15. The standard InChI is InChI=1S/C24H19ClF2N6O2.C24H20F2N6O2.CH4/c25-24-32-31-22-18-4-3-5-20(29-18)30-23(34)16-12-14(15-6-8-17(21(26)27)28-13-15)7-9-19(16)35-11-2-1-10-33(22)24;25-22(26)18-8-6-16(13-27-18)15-7-9-20-17(12-15)24(33)30-21-5-3-4-19(29-21)23-31-28-14-32(23)10-1-2-11-34-20;/h3-9,12-13,21H,1-2,10-11H2,(H,29,30,34);3-9,12-14,22H,1-2,10-11H2,(H,29,30,33);1H4. The van der Waals surface area contributed by atoms with Crippen LogP contribution in [0.3, 0.4) is 0 Å². The second kappa shape index (κ2) is 21.9. The molecule has 358 valence electrons. The van der Waals surface area contributed by atoms with Crippen LogP contribution in [0.4, 0.5) is 29.2 Å². The van der Waals surface area contributed by atoms with Gasteiger partial charge in [-0.3, -0.25) is 24.1 Å². The first kappa shape index (κ1) is 48.3. The number of rotatable bonds is 4. The van der Waals surface area contributed by atoms with E-state index in [0.717, 1.165) is 19.3 Å². The predicted octanol–water partition coefficient (Wildman–Crippen LogP) is 10.8. The van der Waals surface area contributed by atoms with E-state index in [1.807, 2.05) is 10.6 Å². The minimum Gasteiger partial charge on any atom is -0.493 e. The Hall–Kier alpha value is -8.13. The summed E-state index contributed by atoms with van der Waals surface area (Å²) in [6.45, 7) is 2.09. The highest BCUT2D eigenvalue weighted by molar-refractivity contribution is 6.28. The van der Waals surface area contributed by atoms with Gasteiger partial charge in [-0.05, 0) is 109 Å². The van der Waals surface area contributed by atoms with Crippen LogP contribution < -0.4 is 20.1 Å². The lowest BCUT2D eigenvalue weighted by atomic mass is 10.0. The van der Waals surface area contributed by atoms with Crippen molar-refractivity contribution in [2.75, 3.05) is 23.8 Å². The summed E-state index contributed by atoms with van der Waals surface area (Å²) in [7, 11) is 0. The number of fused-ring (bicyclic) bond motifs is 10. The van der Waals surface area contributed by atoms with Gasteiger partial charge in [-0.25, -0.2) is 27.5 Å². The molecule has 21 heteroatoms. The van der Waals surface area contributed by atoms with Gasteiger partial charge in [-0.15, -0.1) is 20.4 Å². The zero-order valence-corrected chi connectivity index (χ0v) is 37.0. The summed E-state index contributed by atoms with van der Waals surface area (Å²) < 4.78 is 67.0. The Bertz CT molecular complexity index is 3120. The van der Waals surface area contributed by atoms with Gasteiger partial charge in [-0.1, -0.05) is 43.8 Å². The van der Waals surface area contributed by atoms with Crippen molar-refractivity contribution in [1.29, 1.82) is 0 Å². The first-order valence-corrected chi connectivity index (χ1v) is 22.0. The molecule has 0 fully saturated rings. The fraction of sp³-hybridized carbons (Fsp3) is 0.224. The highest BCUT2D eigenvalue weighted by Gasteiger charge is 2.21. The molecular formula is C49H43ClF4N12O4. The summed E-state index contributed by atoms with van der Waals surface area (Å²) in [5, 5.41) is 22.1. The van der Waals surface area contributed by atoms with Crippen molar-refractivity contribution in [3.8, 4) is 56.8 Å². The zero-order chi connectivity index (χ0) is 47.9. The Labute approximate surface area is 403 Å². The molecule has 0 spiro atoms. The van der Waals surface area contributed by atoms with Gasteiger partial charge >= 0.3 is 0 Å². The monoisotopic (exact) mass is 974 g/mol. The average molecular weight is 975 g/mol. The molecule has 6 aromatic heterocycles. The van der Waals surface area contributed by atoms with Gasteiger partial charge in [0.15, 0.2) is 11.6 Å². The molecule has 2 amide bonds. The number of hydrogen-bond acceptors (Lipinski definition) is 12. The number of halogens is 5. The van der Waals surface area contributed by atoms with Crippen LogP contribution >= 0.6 is 11.6 Å². The van der Waals surface area contributed by atoms with Crippen LogP contribution in [-0.4, -0.2) is 74.5 Å². The number of nitrogens with zero attached hydrogens (tertiary/aromatic N) is 10. The van der Waals surface area contributed by atoms with E-state index < -0.39 is 24.7 Å². The average Bonchev–Trinajstić information content (AvgIpc) is 3.99. The van der Waals surface area contributed by atoms with Gasteiger partial charge in [0, 0.05) is 36.6 Å². The molecule has 2 aliphatic rings. The summed E-state index contributed by atoms with van der Waals surface area (Å²) in [6.07, 6.45) is 2.11. The topological polar surface area (TPSA) is 190 Å². The number of carbonyl (C=O) groups is 2. The molecule has 70 heavy (non-hydrogen) atoms. The van der Waals surface area contributed by atoms with Crippen LogP contribution in [0, 0.1) is 0 Å². The maximum absolute atomic E-state index is 13.3. The molecule has 0 atom stereocenters. The molecule has 0 unspecified atom stereocenters. The SMILES string of the molecule is C.O=C1Nc2cccc(n2)-c2nnc(Cl)n2CCCCOc2ccc(-c3ccc(C(F)F)nc3)cc21.O=C1Nc2cccc(n2)-c2nncn2CCCCOc2ccc(-c3ccc(C(F)F)nc3)cc21. The van der Waals surface area contributed by atoms with Crippen molar-refractivity contribution in [2.45, 2.75) is 59.1 Å². The van der Waals surface area contributed by atoms with Crippen molar-refractivity contribution in [3.63, 3.8) is 0 Å². The highest BCUT2D eigenvalue weighted by atomic mass is 35.5. The van der Waals surface area contributed by atoms with Crippen molar-refractivity contribution >= 4 is 35.1 Å². The number of nitrogens with one attached hydrogen (secondary N) is 2. The lowest BCUT2D eigenvalue weighted by Crippen LogP contribution is -2.16. The molecule has 2 aromatic carbocycles. The Morgan fingerprint density at radius 3 is 1.61 bits per heavy atom. The molecule has 8 heterocycles. The molecule has 4 bridgehead atoms. The minimum absolute atomic E-state index is 0. The molecule has 16 nitrogen and oxygen atoms in total. The van der Waals surface area contributed by atoms with E-state index in [0.29, 0.717) is 107 Å². The summed E-state index contributed by atoms with van der Waals surface area (Å²) in [5.74, 6) is 1.79. The van der Waals surface area contributed by atoms with E-state index in [1.54, 1.807) is 89.8 Å². The molecule has 2 N–H and O–H groups in total. The highest BCUT2D eigenvalue weighted by Crippen LogP contribution is 2.32. The number of benzene rings is 2. The van der Waals surface area contributed by atoms with Crippen LogP contribution in [0.2, 0.25) is 5.28 Å². The molecule has 10 rings (SSSR count). The van der Waals surface area contributed by atoms with Gasteiger partial charge in [0.2, 0.25) is 5.28 Å². The smallest absolute Gasteiger partial charge is 0.280 e. The third-order valence-corrected chi connectivity index (χ3v) is 11.3. The van der Waals surface area contributed by atoms with Crippen molar-refractivity contribution in [1.82, 2.24) is 49.5 Å². The third-order valence-electron chi connectivity index (χ3n) is 11.0. The summed E-state index contributed by atoms with van der Waals surface area (Å²) in [5.41, 5.74) is 3.61. The van der Waals surface area contributed by atoms with Crippen molar-refractivity contribution in [2.24, 2.45) is 0 Å². The zero-order valence-electron chi connectivity index (χ0n) is 36.3. The fourth-order valence-electron chi connectivity index (χ4n) is 7.47. The maximum atomic E-state index is 13.3. The first-order chi connectivity index (χ1) is 33.6. The number of aryl methyl sites for hydroxylation is 1. The Morgan fingerprint density at radius 1 is 0.586 bits per heavy atom. The predicted molar refractivity (Wildman–Crippen MR) is 253 cm³/mol. The first-order valence-electron chi connectivity index (χ1n) is 21.6. The number of carbonyl (C=O) groups excluding carboxylic acids is 2. The van der Waals surface area contributed by atoms with Crippen LogP contribution in [0.1, 0.15) is 78.1 Å². The number of pyridine rings is 4. The van der Waals surface area contributed by atoms with E-state index in [-0.39, 0.29) is 29.7 Å². The van der Waals surface area contributed by atoms with Gasteiger partial charge in [0.25, 0.3) is 24.7 Å². The molecule has 0 saturated heterocycles. The maximum Gasteiger partial charge on any atom is 0.280 e. The molecular weight excluding hydrogens is 932 g/mol. The van der Waals surface area contributed by atoms with Crippen molar-refractivity contribution < 1.29 is 36.6 Å². The van der Waals surface area contributed by atoms with Crippen LogP contribution in [0.25, 0.3) is 45.3 Å². The van der Waals surface area contributed by atoms with Crippen molar-refractivity contribution in [3.05, 3.63) is 144 Å². The molecule has 0 radical (unpaired) electrons. The summed E-state index contributed by atoms with van der Waals surface area (Å²) >= 11 is 6.22. The number of ether oxygens (including phenoxy) is 2. The minimum atomic E-state index is -2.65. The fourth-order valence-corrected chi connectivity index (χ4v) is 7.67. The lowest BCUT2D eigenvalue weighted by molar-refractivity contribution is 0.101. The van der Waals surface area contributed by atoms with E-state index in [1.165, 1.54) is 24.5 Å². The summed E-state index contributed by atoms with van der Waals surface area (Å²) in [4.78, 5) is 43.1. The quantitative estimate of drug-likeness (QED) is 0.159. The number of hydrogen-bond donors (Lipinski definition) is 2. The number of aromatic nitrogens is 10. The summed E-state index contributed by atoms with van der Waals surface area (Å²) in [6, 6.07) is 26.3. The number of alkyl halides is 4. The number of amides is 2. The molecule has 0 saturated carbocycles. The number of anilines is 2. The van der Waals surface area contributed by atoms with E-state index in [2.05, 4.69) is 51.0 Å². The molecule has 0 aliphatic carbocycles. The largest absolute Gasteiger partial charge is 0.493 e. The van der Waals surface area contributed by atoms with Gasteiger partial charge in [-0.2, -0.15) is 0 Å². The van der Waals surface area contributed by atoms with Gasteiger partial charge < -0.3 is 24.7 Å². The normalized spacial score (nSPS) is 13.7. The van der Waals surface area contributed by atoms with Crippen LogP contribution in [-0.2, 0) is 13.1 Å². The van der Waals surface area contributed by atoms with Crippen LogP contribution in [0.15, 0.2) is 116 Å². The Balaban J connectivity index is 0.000000186. The van der Waals surface area contributed by atoms with E-state index >= 15 is 0 Å². The molecule has 2 aliphatic heterocycles. The third kappa shape index (κ3) is 11.1. The molecule has 8 aromatic rings. The Morgan fingerprint density at radius 2 is 1.10 bits per heavy atom. The van der Waals surface area contributed by atoms with Gasteiger partial charge in [0.1, 0.15) is 52.2 Å².